The Kier molecular flexibility index (Phi) is 7.53. The van der Waals surface area contributed by atoms with Crippen molar-refractivity contribution in [3.63, 3.8) is 0 Å². The van der Waals surface area contributed by atoms with E-state index in [-0.39, 0.29) is 30.0 Å². The molecule has 1 aromatic heterocycles. The van der Waals surface area contributed by atoms with Crippen LogP contribution in [0.1, 0.15) is 42.9 Å². The molecule has 10 nitrogen and oxygen atoms in total. The molecule has 1 aliphatic rings. The number of amides is 2. The van der Waals surface area contributed by atoms with Crippen molar-refractivity contribution in [2.45, 2.75) is 51.2 Å². The molecule has 1 atom stereocenters. The average molecular weight is 527 g/mol. The number of phenols is 2. The molecule has 39 heavy (non-hydrogen) atoms. The van der Waals surface area contributed by atoms with Crippen LogP contribution in [0.4, 0.5) is 5.69 Å². The summed E-state index contributed by atoms with van der Waals surface area (Å²) in [7, 11) is 0. The second kappa shape index (κ2) is 11.3. The van der Waals surface area contributed by atoms with Gasteiger partial charge < -0.3 is 15.5 Å². The highest BCUT2D eigenvalue weighted by molar-refractivity contribution is 6.01. The maximum absolute atomic E-state index is 13.9. The minimum atomic E-state index is -1.07. The highest BCUT2D eigenvalue weighted by Gasteiger charge is 2.35. The Labute approximate surface area is 225 Å². The molecular formula is C29H30N6O4. The molecular weight excluding hydrogens is 496 g/mol. The molecule has 1 aliphatic carbocycles. The van der Waals surface area contributed by atoms with Gasteiger partial charge in [-0.2, -0.15) is 4.80 Å². The number of aromatic nitrogens is 4. The van der Waals surface area contributed by atoms with Crippen molar-refractivity contribution < 1.29 is 19.8 Å². The lowest BCUT2D eigenvalue weighted by atomic mass is 10.0. The number of rotatable bonds is 8. The van der Waals surface area contributed by atoms with Crippen molar-refractivity contribution in [1.29, 1.82) is 0 Å². The SMILES string of the molecule is Cc1ccc(-c2nnn(CC(=O)N(c3cccc(O)c3)[C@H](C(=O)NC3CCCC3)c3ccc(O)cc3)n2)cc1. The van der Waals surface area contributed by atoms with E-state index in [0.29, 0.717) is 17.1 Å². The van der Waals surface area contributed by atoms with Gasteiger partial charge in [0.25, 0.3) is 5.91 Å². The molecule has 0 unspecified atom stereocenters. The van der Waals surface area contributed by atoms with Gasteiger partial charge in [0, 0.05) is 23.4 Å². The molecule has 3 N–H and O–H groups in total. The summed E-state index contributed by atoms with van der Waals surface area (Å²) < 4.78 is 0. The molecule has 1 heterocycles. The zero-order valence-corrected chi connectivity index (χ0v) is 21.6. The Balaban J connectivity index is 1.50. The molecule has 0 aliphatic heterocycles. The fourth-order valence-electron chi connectivity index (χ4n) is 4.83. The number of nitrogens with zero attached hydrogens (tertiary/aromatic N) is 5. The number of aryl methyl sites for hydroxylation is 1. The van der Waals surface area contributed by atoms with E-state index in [1.165, 1.54) is 34.0 Å². The van der Waals surface area contributed by atoms with Crippen LogP contribution in [-0.2, 0) is 16.1 Å². The number of anilines is 1. The Morgan fingerprint density at radius 3 is 2.41 bits per heavy atom. The maximum atomic E-state index is 13.9. The molecule has 1 saturated carbocycles. The molecule has 0 radical (unpaired) electrons. The lowest BCUT2D eigenvalue weighted by Gasteiger charge is -2.32. The number of phenolic OH excluding ortho intramolecular Hbond substituents is 2. The number of aromatic hydroxyl groups is 2. The van der Waals surface area contributed by atoms with Gasteiger partial charge in [0.2, 0.25) is 11.7 Å². The second-order valence-electron chi connectivity index (χ2n) is 9.78. The number of carbonyl (C=O) groups is 2. The Morgan fingerprint density at radius 1 is 1.00 bits per heavy atom. The molecule has 200 valence electrons. The van der Waals surface area contributed by atoms with Crippen LogP contribution in [0.5, 0.6) is 11.5 Å². The molecule has 0 spiro atoms. The van der Waals surface area contributed by atoms with E-state index in [4.69, 9.17) is 0 Å². The Morgan fingerprint density at radius 2 is 1.72 bits per heavy atom. The third-order valence-electron chi connectivity index (χ3n) is 6.83. The van der Waals surface area contributed by atoms with Crippen molar-refractivity contribution in [2.24, 2.45) is 0 Å². The minimum absolute atomic E-state index is 0.0206. The third kappa shape index (κ3) is 6.06. The van der Waals surface area contributed by atoms with E-state index in [1.807, 2.05) is 31.2 Å². The quantitative estimate of drug-likeness (QED) is 0.317. The summed E-state index contributed by atoms with van der Waals surface area (Å²) in [4.78, 5) is 30.2. The van der Waals surface area contributed by atoms with E-state index in [9.17, 15) is 19.8 Å². The van der Waals surface area contributed by atoms with E-state index >= 15 is 0 Å². The van der Waals surface area contributed by atoms with Gasteiger partial charge in [-0.05, 0) is 54.8 Å². The van der Waals surface area contributed by atoms with Crippen molar-refractivity contribution >= 4 is 17.5 Å². The Bertz CT molecular complexity index is 1450. The number of benzene rings is 3. The van der Waals surface area contributed by atoms with Crippen LogP contribution in [-0.4, -0.2) is 48.3 Å². The fourth-order valence-corrected chi connectivity index (χ4v) is 4.83. The van der Waals surface area contributed by atoms with Gasteiger partial charge in [-0.1, -0.05) is 60.9 Å². The molecule has 2 amide bonds. The first-order valence-electron chi connectivity index (χ1n) is 12.9. The number of hydrogen-bond donors (Lipinski definition) is 3. The van der Waals surface area contributed by atoms with Crippen LogP contribution >= 0.6 is 0 Å². The first-order chi connectivity index (χ1) is 18.9. The smallest absolute Gasteiger partial charge is 0.251 e. The molecule has 5 rings (SSSR count). The van der Waals surface area contributed by atoms with Crippen molar-refractivity contribution in [3.05, 3.63) is 83.9 Å². The number of nitrogens with one attached hydrogen (secondary N) is 1. The molecule has 0 saturated heterocycles. The summed E-state index contributed by atoms with van der Waals surface area (Å²) >= 11 is 0. The topological polar surface area (TPSA) is 133 Å². The van der Waals surface area contributed by atoms with Crippen LogP contribution in [0.15, 0.2) is 72.8 Å². The van der Waals surface area contributed by atoms with Gasteiger partial charge in [-0.15, -0.1) is 10.2 Å². The summed E-state index contributed by atoms with van der Waals surface area (Å²) in [5.74, 6) is -0.462. The Hall–Kier alpha value is -4.73. The zero-order chi connectivity index (χ0) is 27.4. The van der Waals surface area contributed by atoms with Crippen molar-refractivity contribution in [1.82, 2.24) is 25.5 Å². The molecule has 10 heteroatoms. The third-order valence-corrected chi connectivity index (χ3v) is 6.83. The lowest BCUT2D eigenvalue weighted by molar-refractivity contribution is -0.127. The van der Waals surface area contributed by atoms with Crippen LogP contribution in [0.2, 0.25) is 0 Å². The summed E-state index contributed by atoms with van der Waals surface area (Å²) in [6, 6.07) is 19.0. The van der Waals surface area contributed by atoms with E-state index < -0.39 is 11.9 Å². The van der Waals surface area contributed by atoms with E-state index in [0.717, 1.165) is 36.8 Å². The predicted molar refractivity (Wildman–Crippen MR) is 145 cm³/mol. The highest BCUT2D eigenvalue weighted by atomic mass is 16.3. The fraction of sp³-hybridized carbons (Fsp3) is 0.276. The number of tetrazole rings is 1. The maximum Gasteiger partial charge on any atom is 0.251 e. The minimum Gasteiger partial charge on any atom is -0.508 e. The number of carbonyl (C=O) groups excluding carboxylic acids is 2. The molecule has 0 bridgehead atoms. The number of hydrogen-bond acceptors (Lipinski definition) is 7. The highest BCUT2D eigenvalue weighted by Crippen LogP contribution is 2.32. The first kappa shape index (κ1) is 25.9. The van der Waals surface area contributed by atoms with Crippen molar-refractivity contribution in [2.75, 3.05) is 4.90 Å². The lowest BCUT2D eigenvalue weighted by Crippen LogP contribution is -2.47. The van der Waals surface area contributed by atoms with Crippen LogP contribution in [0.3, 0.4) is 0 Å². The predicted octanol–water partition coefficient (Wildman–Crippen LogP) is 3.89. The molecule has 4 aromatic rings. The standard InChI is InChI=1S/C29H30N6O4/c1-19-9-11-21(12-10-19)28-31-33-34(32-28)18-26(38)35(23-7-4-8-25(37)17-23)27(20-13-15-24(36)16-14-20)29(39)30-22-5-2-3-6-22/h4,7-17,22,27,36-37H,2-3,5-6,18H2,1H3,(H,30,39)/t27-/m0/s1. The van der Waals surface area contributed by atoms with Gasteiger partial charge >= 0.3 is 0 Å². The monoisotopic (exact) mass is 526 g/mol. The largest absolute Gasteiger partial charge is 0.508 e. The summed E-state index contributed by atoms with van der Waals surface area (Å²) in [6.07, 6.45) is 3.81. The summed E-state index contributed by atoms with van der Waals surface area (Å²) in [5.41, 5.74) is 2.70. The van der Waals surface area contributed by atoms with Gasteiger partial charge in [0.15, 0.2) is 0 Å². The van der Waals surface area contributed by atoms with Gasteiger partial charge in [-0.25, -0.2) is 0 Å². The summed E-state index contributed by atoms with van der Waals surface area (Å²) in [6.45, 7) is 1.69. The van der Waals surface area contributed by atoms with E-state index in [2.05, 4.69) is 20.7 Å². The van der Waals surface area contributed by atoms with Crippen LogP contribution < -0.4 is 10.2 Å². The van der Waals surface area contributed by atoms with E-state index in [1.54, 1.807) is 24.3 Å². The van der Waals surface area contributed by atoms with Crippen molar-refractivity contribution in [3.8, 4) is 22.9 Å². The molecule has 3 aromatic carbocycles. The van der Waals surface area contributed by atoms with Crippen LogP contribution in [0.25, 0.3) is 11.4 Å². The zero-order valence-electron chi connectivity index (χ0n) is 21.6. The average Bonchev–Trinajstić information content (AvgIpc) is 3.60. The van der Waals surface area contributed by atoms with Gasteiger partial charge in [0.05, 0.1) is 0 Å². The first-order valence-corrected chi connectivity index (χ1v) is 12.9. The normalized spacial score (nSPS) is 14.2. The van der Waals surface area contributed by atoms with Gasteiger partial charge in [-0.3, -0.25) is 14.5 Å². The molecule has 1 fully saturated rings. The second-order valence-corrected chi connectivity index (χ2v) is 9.78. The summed E-state index contributed by atoms with van der Waals surface area (Å²) in [5, 5.41) is 35.7. The van der Waals surface area contributed by atoms with Gasteiger partial charge in [0.1, 0.15) is 24.1 Å². The van der Waals surface area contributed by atoms with Crippen LogP contribution in [0, 0.1) is 6.92 Å².